The summed E-state index contributed by atoms with van der Waals surface area (Å²) in [6.07, 6.45) is -1.94. The molecule has 3 atom stereocenters. The molecule has 3 unspecified atom stereocenters. The summed E-state index contributed by atoms with van der Waals surface area (Å²) in [5.74, 6) is -0.563. The Morgan fingerprint density at radius 3 is 2.32 bits per heavy atom. The molecule has 0 radical (unpaired) electrons. The van der Waals surface area contributed by atoms with Crippen LogP contribution in [0, 0.1) is 0 Å². The van der Waals surface area contributed by atoms with E-state index in [4.69, 9.17) is 27.9 Å². The van der Waals surface area contributed by atoms with E-state index < -0.39 is 23.3 Å². The SMILES string of the molecule is CC(c1ccc(OC2=Cc3ccccc3C2c2ccccc2)cc1Cl)C(O)(c1ccnc(Cl)c1)C(F)(F)F. The number of allylic oxidation sites excluding steroid dienone is 1. The Labute approximate surface area is 228 Å². The molecule has 4 aromatic rings. The Kier molecular flexibility index (Phi) is 6.99. The summed E-state index contributed by atoms with van der Waals surface area (Å²) in [4.78, 5) is 3.73. The predicted octanol–water partition coefficient (Wildman–Crippen LogP) is 8.51. The molecule has 3 aromatic carbocycles. The number of pyridine rings is 1. The third kappa shape index (κ3) is 4.68. The second kappa shape index (κ2) is 10.1. The van der Waals surface area contributed by atoms with Crippen LogP contribution in [-0.2, 0) is 5.60 Å². The molecule has 0 aliphatic heterocycles. The molecule has 0 saturated carbocycles. The summed E-state index contributed by atoms with van der Waals surface area (Å²) >= 11 is 12.3. The van der Waals surface area contributed by atoms with E-state index in [2.05, 4.69) is 4.98 Å². The molecule has 0 bridgehead atoms. The maximum atomic E-state index is 14.3. The molecule has 0 spiro atoms. The summed E-state index contributed by atoms with van der Waals surface area (Å²) in [7, 11) is 0. The third-order valence-electron chi connectivity index (χ3n) is 6.92. The van der Waals surface area contributed by atoms with Gasteiger partial charge in [0, 0.05) is 17.1 Å². The first kappa shape index (κ1) is 26.3. The van der Waals surface area contributed by atoms with Gasteiger partial charge in [-0.15, -0.1) is 0 Å². The van der Waals surface area contributed by atoms with Crippen molar-refractivity contribution in [3.05, 3.63) is 135 Å². The van der Waals surface area contributed by atoms with Crippen molar-refractivity contribution in [3.63, 3.8) is 0 Å². The minimum atomic E-state index is -5.01. The number of benzene rings is 3. The van der Waals surface area contributed by atoms with Crippen LogP contribution in [0.25, 0.3) is 6.08 Å². The van der Waals surface area contributed by atoms with Crippen LogP contribution in [0.4, 0.5) is 13.2 Å². The van der Waals surface area contributed by atoms with Gasteiger partial charge >= 0.3 is 6.18 Å². The lowest BCUT2D eigenvalue weighted by molar-refractivity contribution is -0.274. The van der Waals surface area contributed by atoms with E-state index in [0.717, 1.165) is 35.0 Å². The van der Waals surface area contributed by atoms with Crippen molar-refractivity contribution in [1.29, 1.82) is 0 Å². The maximum Gasteiger partial charge on any atom is 0.422 e. The predicted molar refractivity (Wildman–Crippen MR) is 142 cm³/mol. The maximum absolute atomic E-state index is 14.3. The number of alkyl halides is 3. The molecule has 1 aliphatic rings. The van der Waals surface area contributed by atoms with Gasteiger partial charge in [0.2, 0.25) is 0 Å². The lowest BCUT2D eigenvalue weighted by Crippen LogP contribution is -2.46. The molecule has 194 valence electrons. The van der Waals surface area contributed by atoms with E-state index in [1.807, 2.05) is 60.7 Å². The molecule has 0 saturated heterocycles. The zero-order chi connectivity index (χ0) is 27.1. The fourth-order valence-electron chi connectivity index (χ4n) is 4.96. The first-order valence-corrected chi connectivity index (χ1v) is 12.6. The van der Waals surface area contributed by atoms with Gasteiger partial charge in [0.05, 0.1) is 5.92 Å². The molecule has 38 heavy (non-hydrogen) atoms. The average Bonchev–Trinajstić information content (AvgIpc) is 3.25. The second-order valence-corrected chi connectivity index (χ2v) is 9.95. The Balaban J connectivity index is 1.48. The van der Waals surface area contributed by atoms with Crippen molar-refractivity contribution in [3.8, 4) is 5.75 Å². The normalized spacial score (nSPS) is 17.3. The highest BCUT2D eigenvalue weighted by Gasteiger charge is 2.59. The Morgan fingerprint density at radius 2 is 1.63 bits per heavy atom. The van der Waals surface area contributed by atoms with Crippen LogP contribution in [0.15, 0.2) is 96.9 Å². The monoisotopic (exact) mass is 555 g/mol. The van der Waals surface area contributed by atoms with E-state index in [9.17, 15) is 18.3 Å². The van der Waals surface area contributed by atoms with Gasteiger partial charge in [-0.3, -0.25) is 0 Å². The van der Waals surface area contributed by atoms with Gasteiger partial charge in [0.25, 0.3) is 0 Å². The fraction of sp³-hybridized carbons (Fsp3) is 0.167. The quantitative estimate of drug-likeness (QED) is 0.242. The molecule has 1 heterocycles. The topological polar surface area (TPSA) is 42.4 Å². The number of aliphatic hydroxyl groups is 1. The summed E-state index contributed by atoms with van der Waals surface area (Å²) in [5.41, 5.74) is -0.398. The highest BCUT2D eigenvalue weighted by Crippen LogP contribution is 2.50. The van der Waals surface area contributed by atoms with E-state index in [-0.39, 0.29) is 21.7 Å². The standard InChI is InChI=1S/C30H22Cl2F3NO2/c1-18(29(37,30(33,34)35)21-13-14-36-27(32)16-21)23-12-11-22(17-25(23)31)38-26-15-20-9-5-6-10-24(20)28(26)19-7-3-2-4-8-19/h2-18,28,37H,1H3. The number of hydrogen-bond donors (Lipinski definition) is 1. The second-order valence-electron chi connectivity index (χ2n) is 9.16. The number of nitrogens with zero attached hydrogens (tertiary/aromatic N) is 1. The van der Waals surface area contributed by atoms with Crippen molar-refractivity contribution in [2.24, 2.45) is 0 Å². The van der Waals surface area contributed by atoms with Crippen LogP contribution in [0.3, 0.4) is 0 Å². The minimum absolute atomic E-state index is 0.0326. The third-order valence-corrected chi connectivity index (χ3v) is 7.46. The Bertz CT molecular complexity index is 1510. The zero-order valence-corrected chi connectivity index (χ0v) is 21.6. The Hall–Kier alpha value is -3.32. The van der Waals surface area contributed by atoms with Crippen LogP contribution >= 0.6 is 23.2 Å². The number of halogens is 5. The number of hydrogen-bond acceptors (Lipinski definition) is 3. The molecule has 8 heteroatoms. The van der Waals surface area contributed by atoms with Gasteiger partial charge < -0.3 is 9.84 Å². The number of rotatable bonds is 6. The largest absolute Gasteiger partial charge is 0.461 e. The first-order valence-electron chi connectivity index (χ1n) is 11.8. The lowest BCUT2D eigenvalue weighted by Gasteiger charge is -2.37. The first-order chi connectivity index (χ1) is 18.1. The molecular weight excluding hydrogens is 534 g/mol. The zero-order valence-electron chi connectivity index (χ0n) is 20.1. The number of aromatic nitrogens is 1. The van der Waals surface area contributed by atoms with Gasteiger partial charge in [-0.2, -0.15) is 13.2 Å². The van der Waals surface area contributed by atoms with E-state index in [1.165, 1.54) is 19.1 Å². The van der Waals surface area contributed by atoms with Crippen molar-refractivity contribution >= 4 is 29.3 Å². The van der Waals surface area contributed by atoms with Crippen LogP contribution in [0.1, 0.15) is 46.6 Å². The van der Waals surface area contributed by atoms with E-state index in [1.54, 1.807) is 6.07 Å². The highest BCUT2D eigenvalue weighted by atomic mass is 35.5. The molecule has 3 nitrogen and oxygen atoms in total. The molecule has 1 aliphatic carbocycles. The van der Waals surface area contributed by atoms with Crippen LogP contribution in [-0.4, -0.2) is 16.3 Å². The number of ether oxygens (including phenoxy) is 1. The highest BCUT2D eigenvalue weighted by molar-refractivity contribution is 6.31. The lowest BCUT2D eigenvalue weighted by atomic mass is 9.78. The number of fused-ring (bicyclic) bond motifs is 1. The van der Waals surface area contributed by atoms with Crippen molar-refractivity contribution in [2.45, 2.75) is 30.5 Å². The van der Waals surface area contributed by atoms with E-state index in [0.29, 0.717) is 11.5 Å². The summed E-state index contributed by atoms with van der Waals surface area (Å²) in [5, 5.41) is 10.9. The average molecular weight is 556 g/mol. The van der Waals surface area contributed by atoms with Gasteiger partial charge in [0.1, 0.15) is 16.7 Å². The van der Waals surface area contributed by atoms with Crippen molar-refractivity contribution < 1.29 is 23.0 Å². The smallest absolute Gasteiger partial charge is 0.422 e. The summed E-state index contributed by atoms with van der Waals surface area (Å²) in [6, 6.07) is 24.4. The molecule has 1 N–H and O–H groups in total. The van der Waals surface area contributed by atoms with Crippen LogP contribution in [0.5, 0.6) is 5.75 Å². The fourth-order valence-corrected chi connectivity index (χ4v) is 5.46. The van der Waals surface area contributed by atoms with Crippen molar-refractivity contribution in [2.75, 3.05) is 0 Å². The minimum Gasteiger partial charge on any atom is -0.461 e. The summed E-state index contributed by atoms with van der Waals surface area (Å²) < 4.78 is 49.1. The summed E-state index contributed by atoms with van der Waals surface area (Å²) in [6.45, 7) is 1.27. The Morgan fingerprint density at radius 1 is 0.921 bits per heavy atom. The van der Waals surface area contributed by atoms with Gasteiger partial charge in [-0.1, -0.05) is 90.8 Å². The molecular formula is C30H22Cl2F3NO2. The molecule has 1 aromatic heterocycles. The van der Waals surface area contributed by atoms with Crippen molar-refractivity contribution in [1.82, 2.24) is 4.98 Å². The van der Waals surface area contributed by atoms with Gasteiger partial charge in [-0.25, -0.2) is 4.98 Å². The molecule has 5 rings (SSSR count). The van der Waals surface area contributed by atoms with Gasteiger partial charge in [-0.05, 0) is 58.2 Å². The van der Waals surface area contributed by atoms with Gasteiger partial charge in [0.15, 0.2) is 5.60 Å². The van der Waals surface area contributed by atoms with E-state index >= 15 is 0 Å². The molecule has 0 fully saturated rings. The van der Waals surface area contributed by atoms with Crippen LogP contribution in [0.2, 0.25) is 10.2 Å². The van der Waals surface area contributed by atoms with Crippen LogP contribution < -0.4 is 4.74 Å². The molecule has 0 amide bonds.